The number of cyclic esters (lactones) is 1. The van der Waals surface area contributed by atoms with Crippen LogP contribution in [0.2, 0.25) is 0 Å². The van der Waals surface area contributed by atoms with Crippen LogP contribution >= 0.6 is 0 Å². The van der Waals surface area contributed by atoms with E-state index in [0.717, 1.165) is 22.3 Å². The SMILES string of the molecule is CC(=O)OC1CC(C)(C)C(=C=CC(C)=CC=CC=CC=C(C)C=C2C=C(C3C=C4C(C)(C)CC(O)CC4(C)O3)C(=O)O2)C(C)(O)C1. The Morgan fingerprint density at radius 1 is 0.935 bits per heavy atom. The second-order valence-corrected chi connectivity index (χ2v) is 14.9. The van der Waals surface area contributed by atoms with E-state index in [4.69, 9.17) is 14.2 Å². The second kappa shape index (κ2) is 13.3. The predicted molar refractivity (Wildman–Crippen MR) is 179 cm³/mol. The molecule has 0 bridgehead atoms. The molecule has 7 nitrogen and oxygen atoms in total. The lowest BCUT2D eigenvalue weighted by Gasteiger charge is -2.44. The number of carbonyl (C=O) groups is 2. The summed E-state index contributed by atoms with van der Waals surface area (Å²) < 4.78 is 17.3. The van der Waals surface area contributed by atoms with E-state index in [-0.39, 0.29) is 22.9 Å². The first-order valence-electron chi connectivity index (χ1n) is 16.1. The molecule has 0 radical (unpaired) electrons. The Morgan fingerprint density at radius 2 is 1.59 bits per heavy atom. The summed E-state index contributed by atoms with van der Waals surface area (Å²) in [7, 11) is 0. The van der Waals surface area contributed by atoms with E-state index in [2.05, 4.69) is 19.6 Å². The van der Waals surface area contributed by atoms with Crippen LogP contribution in [-0.4, -0.2) is 51.7 Å². The van der Waals surface area contributed by atoms with Crippen molar-refractivity contribution in [3.05, 3.63) is 100 Å². The van der Waals surface area contributed by atoms with Gasteiger partial charge in [-0.25, -0.2) is 4.79 Å². The molecule has 2 saturated carbocycles. The van der Waals surface area contributed by atoms with Crippen molar-refractivity contribution in [2.75, 3.05) is 0 Å². The van der Waals surface area contributed by atoms with Crippen molar-refractivity contribution in [2.24, 2.45) is 10.8 Å². The maximum Gasteiger partial charge on any atom is 0.342 e. The number of esters is 2. The van der Waals surface area contributed by atoms with Crippen molar-refractivity contribution in [1.82, 2.24) is 0 Å². The van der Waals surface area contributed by atoms with Crippen LogP contribution in [0.15, 0.2) is 100 Å². The highest BCUT2D eigenvalue weighted by Crippen LogP contribution is 2.52. The number of rotatable bonds is 7. The molecule has 2 fully saturated rings. The molecule has 5 atom stereocenters. The van der Waals surface area contributed by atoms with Gasteiger partial charge in [-0.2, -0.15) is 0 Å². The monoisotopic (exact) mass is 630 g/mol. The molecule has 0 aromatic heterocycles. The van der Waals surface area contributed by atoms with Crippen molar-refractivity contribution in [2.45, 2.75) is 118 Å². The zero-order valence-electron chi connectivity index (χ0n) is 28.8. The minimum Gasteiger partial charge on any atom is -0.462 e. The van der Waals surface area contributed by atoms with Crippen molar-refractivity contribution in [3.63, 3.8) is 0 Å². The first kappa shape index (κ1) is 35.4. The van der Waals surface area contributed by atoms with E-state index in [1.807, 2.05) is 89.3 Å². The molecule has 5 unspecified atom stereocenters. The van der Waals surface area contributed by atoms with Gasteiger partial charge in [-0.05, 0) is 92.4 Å². The fourth-order valence-electron chi connectivity index (χ4n) is 7.59. The molecule has 248 valence electrons. The Balaban J connectivity index is 1.37. The summed E-state index contributed by atoms with van der Waals surface area (Å²) >= 11 is 0. The standard InChI is InChI=1S/C39H50O7/c1-25(16-17-33-37(6,7)23-30(44-27(3)40)24-38(33,8)43)14-12-10-11-13-15-26(2)18-29-19-31(35(42)45-29)32-20-34-36(4,5)21-28(41)22-39(34,9)46-32/h10-16,18-20,28,30,32,41,43H,21-24H2,1-9H3. The number of hydrogen-bond acceptors (Lipinski definition) is 7. The summed E-state index contributed by atoms with van der Waals surface area (Å²) in [6, 6.07) is 0. The Kier molecular flexibility index (Phi) is 10.2. The third-order valence-electron chi connectivity index (χ3n) is 9.20. The fraction of sp³-hybridized carbons (Fsp3) is 0.513. The smallest absolute Gasteiger partial charge is 0.342 e. The van der Waals surface area contributed by atoms with E-state index in [1.165, 1.54) is 6.92 Å². The Bertz CT molecular complexity index is 1510. The predicted octanol–water partition coefficient (Wildman–Crippen LogP) is 7.21. The minimum absolute atomic E-state index is 0.210. The van der Waals surface area contributed by atoms with Gasteiger partial charge in [0.15, 0.2) is 0 Å². The third-order valence-corrected chi connectivity index (χ3v) is 9.20. The van der Waals surface area contributed by atoms with E-state index in [1.54, 1.807) is 13.0 Å². The average Bonchev–Trinajstić information content (AvgIpc) is 3.42. The summed E-state index contributed by atoms with van der Waals surface area (Å²) in [6.07, 6.45) is 19.9. The molecule has 0 spiro atoms. The van der Waals surface area contributed by atoms with Crippen molar-refractivity contribution in [3.8, 4) is 0 Å². The van der Waals surface area contributed by atoms with E-state index in [9.17, 15) is 19.8 Å². The lowest BCUT2D eigenvalue weighted by molar-refractivity contribution is -0.152. The summed E-state index contributed by atoms with van der Waals surface area (Å²) in [5, 5.41) is 21.5. The van der Waals surface area contributed by atoms with Crippen LogP contribution in [0.5, 0.6) is 0 Å². The third kappa shape index (κ3) is 8.26. The Labute approximate surface area is 274 Å². The van der Waals surface area contributed by atoms with Gasteiger partial charge in [0.1, 0.15) is 18.0 Å². The molecule has 2 N–H and O–H groups in total. The lowest BCUT2D eigenvalue weighted by atomic mass is 9.65. The Morgan fingerprint density at radius 3 is 2.22 bits per heavy atom. The zero-order chi connectivity index (χ0) is 34.1. The highest BCUT2D eigenvalue weighted by atomic mass is 16.6. The number of ether oxygens (including phenoxy) is 3. The first-order chi connectivity index (χ1) is 21.3. The minimum atomic E-state index is -1.12. The molecule has 0 aromatic carbocycles. The van der Waals surface area contributed by atoms with E-state index >= 15 is 0 Å². The molecule has 2 aliphatic heterocycles. The van der Waals surface area contributed by atoms with Crippen LogP contribution in [0.3, 0.4) is 0 Å². The molecule has 0 amide bonds. The molecule has 7 heteroatoms. The summed E-state index contributed by atoms with van der Waals surface area (Å²) in [5.41, 5.74) is 5.32. The van der Waals surface area contributed by atoms with Crippen molar-refractivity contribution in [1.29, 1.82) is 0 Å². The summed E-state index contributed by atoms with van der Waals surface area (Å²) in [4.78, 5) is 24.2. The summed E-state index contributed by atoms with van der Waals surface area (Å²) in [6.45, 7) is 17.3. The van der Waals surface area contributed by atoms with Gasteiger partial charge in [0.2, 0.25) is 0 Å². The van der Waals surface area contributed by atoms with Gasteiger partial charge in [0.05, 0.1) is 22.9 Å². The van der Waals surface area contributed by atoms with Crippen LogP contribution in [-0.2, 0) is 23.8 Å². The molecule has 2 aliphatic carbocycles. The number of aliphatic hydroxyl groups excluding tert-OH is 1. The molecule has 0 saturated heterocycles. The van der Waals surface area contributed by atoms with Gasteiger partial charge < -0.3 is 24.4 Å². The quantitative estimate of drug-likeness (QED) is 0.133. The molecule has 2 heterocycles. The highest BCUT2D eigenvalue weighted by molar-refractivity contribution is 5.94. The van der Waals surface area contributed by atoms with Gasteiger partial charge >= 0.3 is 11.9 Å². The highest BCUT2D eigenvalue weighted by Gasteiger charge is 2.52. The lowest BCUT2D eigenvalue weighted by Crippen LogP contribution is -2.46. The van der Waals surface area contributed by atoms with Crippen LogP contribution < -0.4 is 0 Å². The van der Waals surface area contributed by atoms with Crippen molar-refractivity contribution >= 4 is 11.9 Å². The number of aliphatic hydroxyl groups is 2. The number of fused-ring (bicyclic) bond motifs is 1. The van der Waals surface area contributed by atoms with E-state index < -0.39 is 29.4 Å². The molecular formula is C39H50O7. The second-order valence-electron chi connectivity index (χ2n) is 14.9. The summed E-state index contributed by atoms with van der Waals surface area (Å²) in [5.74, 6) is -0.270. The van der Waals surface area contributed by atoms with Gasteiger partial charge in [-0.3, -0.25) is 4.79 Å². The maximum atomic E-state index is 12.7. The number of allylic oxidation sites excluding steroid dienone is 10. The molecule has 4 rings (SSSR count). The number of hydrogen-bond donors (Lipinski definition) is 2. The molecular weight excluding hydrogens is 580 g/mol. The molecule has 46 heavy (non-hydrogen) atoms. The Hall–Kier alpha value is -3.48. The fourth-order valence-corrected chi connectivity index (χ4v) is 7.59. The maximum absolute atomic E-state index is 12.7. The topological polar surface area (TPSA) is 102 Å². The first-order valence-corrected chi connectivity index (χ1v) is 16.1. The molecule has 0 aromatic rings. The largest absolute Gasteiger partial charge is 0.462 e. The van der Waals surface area contributed by atoms with Crippen LogP contribution in [0, 0.1) is 10.8 Å². The van der Waals surface area contributed by atoms with Crippen LogP contribution in [0.25, 0.3) is 0 Å². The van der Waals surface area contributed by atoms with Crippen LogP contribution in [0.1, 0.15) is 88.0 Å². The van der Waals surface area contributed by atoms with Gasteiger partial charge in [-0.15, -0.1) is 5.73 Å². The average molecular weight is 631 g/mol. The van der Waals surface area contributed by atoms with Gasteiger partial charge in [-0.1, -0.05) is 64.2 Å². The van der Waals surface area contributed by atoms with Gasteiger partial charge in [0, 0.05) is 25.3 Å². The molecule has 4 aliphatic rings. The van der Waals surface area contributed by atoms with Gasteiger partial charge in [0.25, 0.3) is 0 Å². The number of carbonyl (C=O) groups excluding carboxylic acids is 2. The van der Waals surface area contributed by atoms with E-state index in [0.29, 0.717) is 37.0 Å². The normalized spacial score (nSPS) is 33.5. The zero-order valence-corrected chi connectivity index (χ0v) is 28.8. The van der Waals surface area contributed by atoms with Crippen LogP contribution in [0.4, 0.5) is 0 Å². The van der Waals surface area contributed by atoms with Crippen molar-refractivity contribution < 1.29 is 34.0 Å².